The van der Waals surface area contributed by atoms with E-state index in [9.17, 15) is 0 Å². The topological polar surface area (TPSA) is 81.4 Å². The number of unbranched alkanes of at least 4 members (excludes halogenated alkanes) is 1. The molecule has 65 valence electrons. The molecule has 2 N–H and O–H groups in total. The fraction of sp³-hybridized carbons (Fsp3) is 0.800. The van der Waals surface area contributed by atoms with Crippen molar-refractivity contribution in [3.05, 3.63) is 0 Å². The third-order valence-electron chi connectivity index (χ3n) is 0.742. The molecule has 1 radical (unpaired) electrons. The molecule has 0 unspecified atom stereocenters. The molecule has 0 aliphatic carbocycles. The fourth-order valence-corrected chi connectivity index (χ4v) is 0.400. The number of thiocarbonyl (C=S) groups is 1. The van der Waals surface area contributed by atoms with E-state index >= 15 is 0 Å². The van der Waals surface area contributed by atoms with Crippen LogP contribution in [0.2, 0.25) is 0 Å². The summed E-state index contributed by atoms with van der Waals surface area (Å²) in [4.78, 5) is 0. The van der Waals surface area contributed by atoms with E-state index in [-0.39, 0.29) is 24.7 Å². The number of hydrogen-bond donors (Lipinski definition) is 1. The maximum atomic E-state index is 8.25. The number of rotatable bonds is 3. The molecule has 0 aromatic carbocycles. The third-order valence-corrected chi connectivity index (χ3v) is 0.860. The van der Waals surface area contributed by atoms with E-state index in [4.69, 9.17) is 20.5 Å². The van der Waals surface area contributed by atoms with Crippen LogP contribution in [0.15, 0.2) is 0 Å². The Hall–Kier alpha value is 0.298. The van der Waals surface area contributed by atoms with E-state index < -0.39 is 7.69 Å². The van der Waals surface area contributed by atoms with Crippen molar-refractivity contribution in [2.75, 3.05) is 6.61 Å². The van der Waals surface area contributed by atoms with Gasteiger partial charge in [0.25, 0.3) is 5.17 Å². The molecule has 0 fully saturated rings. The molecule has 0 saturated carbocycles. The van der Waals surface area contributed by atoms with Gasteiger partial charge in [-0.3, -0.25) is 0 Å². The minimum atomic E-state index is -0.500. The van der Waals surface area contributed by atoms with Crippen LogP contribution < -0.4 is 15.8 Å². The summed E-state index contributed by atoms with van der Waals surface area (Å²) in [5, 5.41) is 16.7. The molecule has 0 rings (SSSR count). The summed E-state index contributed by atoms with van der Waals surface area (Å²) in [7, 11) is -0.500. The van der Waals surface area contributed by atoms with Crippen LogP contribution in [0.4, 0.5) is 0 Å². The maximum Gasteiger partial charge on any atom is 2.00 e. The molecule has 0 aliphatic heterocycles. The minimum absolute atomic E-state index is 0. The van der Waals surface area contributed by atoms with E-state index in [0.717, 1.165) is 12.8 Å². The van der Waals surface area contributed by atoms with E-state index in [1.807, 2.05) is 0 Å². The quantitative estimate of drug-likeness (QED) is 0.361. The van der Waals surface area contributed by atoms with E-state index in [1.165, 1.54) is 0 Å². The molecule has 0 bridgehead atoms. The summed E-state index contributed by atoms with van der Waals surface area (Å²) < 4.78 is 4.79. The molecular formula is C5H11BNO3SZn. The monoisotopic (exact) mass is 240 g/mol. The molecule has 0 spiro atoms. The first-order valence-corrected chi connectivity index (χ1v) is 3.57. The van der Waals surface area contributed by atoms with Crippen LogP contribution in [0.3, 0.4) is 0 Å². The molecule has 0 aromatic heterocycles. The Bertz CT molecular complexity index is 98.8. The van der Waals surface area contributed by atoms with Gasteiger partial charge in [0.05, 0.1) is 6.61 Å². The van der Waals surface area contributed by atoms with Crippen LogP contribution in [0.5, 0.6) is 0 Å². The van der Waals surface area contributed by atoms with Crippen molar-refractivity contribution < 1.29 is 34.3 Å². The van der Waals surface area contributed by atoms with Gasteiger partial charge in [-0.1, -0.05) is 13.3 Å². The average Bonchev–Trinajstić information content (AvgIpc) is 1.89. The molecule has 0 atom stereocenters. The van der Waals surface area contributed by atoms with Gasteiger partial charge in [0, 0.05) is 0 Å². The van der Waals surface area contributed by atoms with Crippen LogP contribution in [-0.2, 0) is 24.2 Å². The summed E-state index contributed by atoms with van der Waals surface area (Å²) in [6.07, 6.45) is 2.14. The van der Waals surface area contributed by atoms with Gasteiger partial charge in [-0.05, 0) is 18.6 Å². The van der Waals surface area contributed by atoms with Gasteiger partial charge in [0.1, 0.15) is 0 Å². The van der Waals surface area contributed by atoms with Crippen LogP contribution in [0.1, 0.15) is 19.8 Å². The van der Waals surface area contributed by atoms with E-state index in [1.54, 1.807) is 0 Å². The normalized spacial score (nSPS) is 6.92. The first-order chi connectivity index (χ1) is 5.18. The Morgan fingerprint density at radius 3 is 2.25 bits per heavy atom. The van der Waals surface area contributed by atoms with Gasteiger partial charge in [-0.2, -0.15) is 0 Å². The van der Waals surface area contributed by atoms with Crippen LogP contribution in [-0.4, -0.2) is 19.5 Å². The van der Waals surface area contributed by atoms with Crippen molar-refractivity contribution in [1.82, 2.24) is 0 Å². The smallest absolute Gasteiger partial charge is 0.900 e. The predicted molar refractivity (Wildman–Crippen MR) is 43.4 cm³/mol. The summed E-state index contributed by atoms with van der Waals surface area (Å²) >= 11 is 4.46. The molecule has 12 heavy (non-hydrogen) atoms. The molecular weight excluding hydrogens is 230 g/mol. The predicted octanol–water partition coefficient (Wildman–Crippen LogP) is -1.71. The summed E-state index contributed by atoms with van der Waals surface area (Å²) in [5.41, 5.74) is 5.04. The van der Waals surface area contributed by atoms with E-state index in [0.29, 0.717) is 6.61 Å². The van der Waals surface area contributed by atoms with Crippen molar-refractivity contribution in [3.63, 3.8) is 0 Å². The van der Waals surface area contributed by atoms with Crippen molar-refractivity contribution in [3.8, 4) is 0 Å². The second-order valence-corrected chi connectivity index (χ2v) is 2.02. The van der Waals surface area contributed by atoms with Gasteiger partial charge in [-0.15, -0.1) is 0 Å². The van der Waals surface area contributed by atoms with Crippen LogP contribution in [0.25, 0.3) is 0 Å². The Morgan fingerprint density at radius 1 is 1.58 bits per heavy atom. The average molecular weight is 241 g/mol. The second kappa shape index (κ2) is 17.4. The number of hydrogen-bond acceptors (Lipinski definition) is 4. The van der Waals surface area contributed by atoms with Crippen molar-refractivity contribution in [2.45, 2.75) is 19.8 Å². The van der Waals surface area contributed by atoms with Crippen molar-refractivity contribution in [1.29, 1.82) is 0 Å². The molecule has 0 heterocycles. The fourth-order valence-electron chi connectivity index (χ4n) is 0.317. The molecule has 0 saturated heterocycles. The van der Waals surface area contributed by atoms with Crippen molar-refractivity contribution >= 4 is 25.1 Å². The molecule has 4 nitrogen and oxygen atoms in total. The Kier molecular flexibility index (Phi) is 26.3. The third kappa shape index (κ3) is 31.7. The zero-order valence-electron chi connectivity index (χ0n) is 7.12. The zero-order valence-corrected chi connectivity index (χ0v) is 10.9. The maximum absolute atomic E-state index is 8.25. The van der Waals surface area contributed by atoms with Crippen LogP contribution in [0, 0.1) is 0 Å². The number of ether oxygens (including phenoxy) is 1. The van der Waals surface area contributed by atoms with Crippen LogP contribution >= 0.6 is 12.2 Å². The van der Waals surface area contributed by atoms with Gasteiger partial charge < -0.3 is 20.5 Å². The Labute approximate surface area is 91.5 Å². The Balaban J connectivity index is -0.000000177. The van der Waals surface area contributed by atoms with Gasteiger partial charge in [-0.25, -0.2) is 7.69 Å². The summed E-state index contributed by atoms with van der Waals surface area (Å²) in [5.74, 6) is 0. The second-order valence-electron chi connectivity index (χ2n) is 1.62. The van der Waals surface area contributed by atoms with Gasteiger partial charge in [0.15, 0.2) is 0 Å². The van der Waals surface area contributed by atoms with Gasteiger partial charge >= 0.3 is 19.5 Å². The summed E-state index contributed by atoms with van der Waals surface area (Å²) in [6, 6.07) is 0. The largest absolute Gasteiger partial charge is 2.00 e. The van der Waals surface area contributed by atoms with Gasteiger partial charge in [0.2, 0.25) is 0 Å². The molecule has 0 aliphatic rings. The first kappa shape index (κ1) is 18.2. The zero-order chi connectivity index (χ0) is 9.11. The molecule has 0 amide bonds. The van der Waals surface area contributed by atoms with E-state index in [2.05, 4.69) is 19.1 Å². The number of nitrogens with two attached hydrogens (primary N) is 1. The SMILES string of the molecule is CCCCOC(N)=S.[O-][B][O-].[Zn+2]. The molecule has 7 heteroatoms. The first-order valence-electron chi connectivity index (χ1n) is 3.16. The molecule has 0 aromatic rings. The summed E-state index contributed by atoms with van der Waals surface area (Å²) in [6.45, 7) is 2.74. The Morgan fingerprint density at radius 2 is 2.00 bits per heavy atom. The minimum Gasteiger partial charge on any atom is -0.900 e. The van der Waals surface area contributed by atoms with Crippen molar-refractivity contribution in [2.24, 2.45) is 5.73 Å². The standard InChI is InChI=1S/C5H11NOS.BO2.Zn/c1-2-3-4-7-5(6)8;2-1-3;/h2-4H2,1H3,(H2,6,8);;/q;-2;+2.